The summed E-state index contributed by atoms with van der Waals surface area (Å²) in [6.07, 6.45) is 2.81. The van der Waals surface area contributed by atoms with Gasteiger partial charge in [-0.15, -0.1) is 11.3 Å². The number of hydrogen-bond donors (Lipinski definition) is 1. The van der Waals surface area contributed by atoms with Crippen LogP contribution in [0.5, 0.6) is 0 Å². The fourth-order valence-corrected chi connectivity index (χ4v) is 3.78. The molecule has 0 aliphatic carbocycles. The summed E-state index contributed by atoms with van der Waals surface area (Å²) in [5, 5.41) is 5.65. The number of nitrogens with one attached hydrogen (secondary N) is 1. The van der Waals surface area contributed by atoms with Gasteiger partial charge in [-0.25, -0.2) is 4.79 Å². The van der Waals surface area contributed by atoms with Crippen LogP contribution in [0, 0.1) is 0 Å². The Hall–Kier alpha value is -0.850. The van der Waals surface area contributed by atoms with Crippen molar-refractivity contribution in [2.24, 2.45) is 0 Å². The Morgan fingerprint density at radius 2 is 2.26 bits per heavy atom. The topological polar surface area (TPSA) is 41.6 Å². The zero-order valence-corrected chi connectivity index (χ0v) is 16.6. The van der Waals surface area contributed by atoms with E-state index in [-0.39, 0.29) is 6.09 Å². The van der Waals surface area contributed by atoms with E-state index >= 15 is 0 Å². The Labute approximate surface area is 151 Å². The summed E-state index contributed by atoms with van der Waals surface area (Å²) < 4.78 is 6.55. The number of hydrogen-bond acceptors (Lipinski definition) is 4. The molecule has 0 aromatic carbocycles. The first-order valence-corrected chi connectivity index (χ1v) is 9.55. The van der Waals surface area contributed by atoms with E-state index in [1.807, 2.05) is 20.8 Å². The molecule has 1 N–H and O–H groups in total. The largest absolute Gasteiger partial charge is 0.444 e. The molecule has 1 atom stereocenters. The van der Waals surface area contributed by atoms with E-state index in [1.165, 1.54) is 10.5 Å². The number of ether oxygens (including phenoxy) is 1. The highest BCUT2D eigenvalue weighted by Gasteiger charge is 2.23. The highest BCUT2D eigenvalue weighted by Crippen LogP contribution is 2.25. The van der Waals surface area contributed by atoms with Crippen LogP contribution in [0.3, 0.4) is 0 Å². The molecule has 2 rings (SSSR count). The van der Waals surface area contributed by atoms with Crippen molar-refractivity contribution in [1.82, 2.24) is 10.2 Å². The minimum Gasteiger partial charge on any atom is -0.444 e. The molecule has 2 heterocycles. The zero-order valence-electron chi connectivity index (χ0n) is 14.2. The average molecular weight is 401 g/mol. The summed E-state index contributed by atoms with van der Waals surface area (Å²) >= 11 is 5.25. The van der Waals surface area contributed by atoms with Crippen molar-refractivity contribution < 1.29 is 9.53 Å². The third-order valence-corrected chi connectivity index (χ3v) is 5.48. The molecule has 0 bridgehead atoms. The van der Waals surface area contributed by atoms with Crippen molar-refractivity contribution in [2.75, 3.05) is 19.6 Å². The summed E-state index contributed by atoms with van der Waals surface area (Å²) in [6.45, 7) is 10.1. The smallest absolute Gasteiger partial charge is 0.410 e. The van der Waals surface area contributed by atoms with E-state index in [0.29, 0.717) is 12.6 Å². The Kier molecular flexibility index (Phi) is 6.28. The van der Waals surface area contributed by atoms with Crippen molar-refractivity contribution in [3.05, 3.63) is 32.4 Å². The van der Waals surface area contributed by atoms with Gasteiger partial charge in [-0.1, -0.05) is 11.6 Å². The summed E-state index contributed by atoms with van der Waals surface area (Å²) in [7, 11) is 0. The molecule has 1 aliphatic heterocycles. The summed E-state index contributed by atoms with van der Waals surface area (Å²) in [6, 6.07) is 2.48. The monoisotopic (exact) mass is 400 g/mol. The van der Waals surface area contributed by atoms with Gasteiger partial charge in [-0.05, 0) is 56.1 Å². The zero-order chi connectivity index (χ0) is 17.0. The number of carbonyl (C=O) groups is 1. The second-order valence-electron chi connectivity index (χ2n) is 6.81. The lowest BCUT2D eigenvalue weighted by atomic mass is 10.1. The van der Waals surface area contributed by atoms with Crippen LogP contribution < -0.4 is 5.32 Å². The Bertz CT molecular complexity index is 577. The molecule has 0 saturated heterocycles. The molecule has 0 saturated carbocycles. The fraction of sp³-hybridized carbons (Fsp3) is 0.588. The van der Waals surface area contributed by atoms with Gasteiger partial charge in [0.25, 0.3) is 0 Å². The normalized spacial score (nSPS) is 16.9. The minimum atomic E-state index is -0.437. The van der Waals surface area contributed by atoms with Crippen molar-refractivity contribution in [3.63, 3.8) is 0 Å². The molecule has 0 radical (unpaired) electrons. The van der Waals surface area contributed by atoms with Crippen LogP contribution in [0.25, 0.3) is 0 Å². The molecule has 1 aromatic heterocycles. The van der Waals surface area contributed by atoms with Crippen LogP contribution in [0.1, 0.15) is 45.0 Å². The molecule has 0 spiro atoms. The summed E-state index contributed by atoms with van der Waals surface area (Å²) in [5.74, 6) is 0. The van der Waals surface area contributed by atoms with Crippen molar-refractivity contribution in [3.8, 4) is 0 Å². The molecule has 6 heteroatoms. The van der Waals surface area contributed by atoms with E-state index in [0.717, 1.165) is 24.0 Å². The van der Waals surface area contributed by atoms with Crippen LogP contribution in [-0.2, 0) is 4.74 Å². The Balaban J connectivity index is 1.79. The second kappa shape index (κ2) is 7.81. The number of carbonyl (C=O) groups excluding carboxylic acids is 1. The number of nitrogens with zero attached hydrogens (tertiary/aromatic N) is 1. The summed E-state index contributed by atoms with van der Waals surface area (Å²) in [5.41, 5.74) is 0.917. The van der Waals surface area contributed by atoms with Gasteiger partial charge in [0.1, 0.15) is 5.60 Å². The predicted octanol–water partition coefficient (Wildman–Crippen LogP) is 4.73. The maximum Gasteiger partial charge on any atom is 0.410 e. The van der Waals surface area contributed by atoms with E-state index in [2.05, 4.69) is 45.7 Å². The van der Waals surface area contributed by atoms with Crippen LogP contribution in [0.4, 0.5) is 4.79 Å². The van der Waals surface area contributed by atoms with Crippen LogP contribution >= 0.6 is 27.3 Å². The van der Waals surface area contributed by atoms with Crippen molar-refractivity contribution in [2.45, 2.75) is 45.8 Å². The van der Waals surface area contributed by atoms with Gasteiger partial charge in [0.05, 0.1) is 0 Å². The molecular weight excluding hydrogens is 376 g/mol. The molecular formula is C17H25BrN2O2S. The third kappa shape index (κ3) is 5.94. The Morgan fingerprint density at radius 1 is 1.52 bits per heavy atom. The lowest BCUT2D eigenvalue weighted by molar-refractivity contribution is 0.0265. The lowest BCUT2D eigenvalue weighted by Gasteiger charge is -2.30. The molecule has 4 nitrogen and oxygen atoms in total. The molecule has 1 aliphatic rings. The van der Waals surface area contributed by atoms with Gasteiger partial charge in [-0.2, -0.15) is 0 Å². The second-order valence-corrected chi connectivity index (χ2v) is 8.67. The van der Waals surface area contributed by atoms with Gasteiger partial charge in [0.15, 0.2) is 0 Å². The molecule has 1 unspecified atom stereocenters. The van der Waals surface area contributed by atoms with Crippen LogP contribution in [0.15, 0.2) is 27.6 Å². The van der Waals surface area contributed by atoms with Gasteiger partial charge in [0, 0.05) is 40.4 Å². The van der Waals surface area contributed by atoms with Crippen molar-refractivity contribution in [1.29, 1.82) is 0 Å². The SMILES string of the molecule is CC(NCC1=CCN(C(=O)OC(C)(C)C)CC1)c1cc(Br)cs1. The number of thiophene rings is 1. The first-order chi connectivity index (χ1) is 10.7. The molecule has 128 valence electrons. The number of halogens is 1. The van der Waals surface area contributed by atoms with E-state index in [4.69, 9.17) is 4.74 Å². The average Bonchev–Trinajstić information content (AvgIpc) is 2.90. The fourth-order valence-electron chi connectivity index (χ4n) is 2.30. The molecule has 0 fully saturated rings. The first kappa shape index (κ1) is 18.5. The maximum atomic E-state index is 12.0. The highest BCUT2D eigenvalue weighted by molar-refractivity contribution is 9.10. The van der Waals surface area contributed by atoms with E-state index < -0.39 is 5.60 Å². The van der Waals surface area contributed by atoms with Crippen LogP contribution in [-0.4, -0.2) is 36.2 Å². The van der Waals surface area contributed by atoms with Gasteiger partial charge in [0.2, 0.25) is 0 Å². The summed E-state index contributed by atoms with van der Waals surface area (Å²) in [4.78, 5) is 15.1. The van der Waals surface area contributed by atoms with Crippen LogP contribution in [0.2, 0.25) is 0 Å². The van der Waals surface area contributed by atoms with Gasteiger partial charge >= 0.3 is 6.09 Å². The molecule has 1 amide bonds. The minimum absolute atomic E-state index is 0.224. The maximum absolute atomic E-state index is 12.0. The number of rotatable bonds is 4. The Morgan fingerprint density at radius 3 is 2.78 bits per heavy atom. The lowest BCUT2D eigenvalue weighted by Crippen LogP contribution is -2.40. The van der Waals surface area contributed by atoms with Gasteiger partial charge < -0.3 is 15.0 Å². The molecule has 23 heavy (non-hydrogen) atoms. The highest BCUT2D eigenvalue weighted by atomic mass is 79.9. The number of amides is 1. The third-order valence-electron chi connectivity index (χ3n) is 3.60. The van der Waals surface area contributed by atoms with Crippen molar-refractivity contribution >= 4 is 33.4 Å². The van der Waals surface area contributed by atoms with Gasteiger partial charge in [-0.3, -0.25) is 0 Å². The first-order valence-electron chi connectivity index (χ1n) is 7.88. The standard InChI is InChI=1S/C17H25BrN2O2S/c1-12(15-9-14(18)11-23-15)19-10-13-5-7-20(8-6-13)16(21)22-17(2,3)4/h5,9,11-12,19H,6-8,10H2,1-4H3. The predicted molar refractivity (Wildman–Crippen MR) is 98.9 cm³/mol. The van der Waals surface area contributed by atoms with E-state index in [9.17, 15) is 4.79 Å². The molecule has 1 aromatic rings. The van der Waals surface area contributed by atoms with E-state index in [1.54, 1.807) is 16.2 Å². The quantitative estimate of drug-likeness (QED) is 0.742.